The second-order valence-electron chi connectivity index (χ2n) is 5.90. The van der Waals surface area contributed by atoms with Gasteiger partial charge in [0.15, 0.2) is 15.6 Å². The average Bonchev–Trinajstić information content (AvgIpc) is 2.91. The van der Waals surface area contributed by atoms with Crippen LogP contribution in [0, 0.1) is 6.92 Å². The summed E-state index contributed by atoms with van der Waals surface area (Å²) in [5, 5.41) is 3.48. The standard InChI is InChI=1S/C19H19NO5S/c1-4-24-14-8-9-17-16(11-14)12(2)18(25-17)19(21)20-13-6-5-7-15(10-13)26(3,22)23/h5-11H,4H2,1-3H3,(H,20,21). The molecule has 7 heteroatoms. The summed E-state index contributed by atoms with van der Waals surface area (Å²) in [5.41, 5.74) is 1.66. The number of carbonyl (C=O) groups excluding carboxylic acids is 1. The molecule has 0 spiro atoms. The number of hydrogen-bond acceptors (Lipinski definition) is 5. The molecule has 0 aliphatic carbocycles. The quantitative estimate of drug-likeness (QED) is 0.735. The molecule has 0 saturated heterocycles. The van der Waals surface area contributed by atoms with Gasteiger partial charge in [0.1, 0.15) is 11.3 Å². The number of sulfone groups is 1. The van der Waals surface area contributed by atoms with Crippen molar-refractivity contribution < 1.29 is 22.4 Å². The maximum absolute atomic E-state index is 12.6. The zero-order chi connectivity index (χ0) is 18.9. The van der Waals surface area contributed by atoms with E-state index >= 15 is 0 Å². The zero-order valence-electron chi connectivity index (χ0n) is 14.7. The molecular formula is C19H19NO5S. The predicted octanol–water partition coefficient (Wildman–Crippen LogP) is 3.80. The van der Waals surface area contributed by atoms with Crippen LogP contribution in [0.2, 0.25) is 0 Å². The van der Waals surface area contributed by atoms with E-state index < -0.39 is 15.7 Å². The van der Waals surface area contributed by atoms with Crippen molar-refractivity contribution in [1.82, 2.24) is 0 Å². The number of nitrogens with one attached hydrogen (secondary N) is 1. The number of aryl methyl sites for hydroxylation is 1. The highest BCUT2D eigenvalue weighted by molar-refractivity contribution is 7.90. The molecule has 1 amide bonds. The van der Waals surface area contributed by atoms with Crippen LogP contribution < -0.4 is 10.1 Å². The van der Waals surface area contributed by atoms with Crippen molar-refractivity contribution in [2.24, 2.45) is 0 Å². The van der Waals surface area contributed by atoms with Crippen molar-refractivity contribution in [2.75, 3.05) is 18.2 Å². The second-order valence-corrected chi connectivity index (χ2v) is 7.92. The van der Waals surface area contributed by atoms with Crippen LogP contribution in [0.15, 0.2) is 51.8 Å². The molecule has 0 saturated carbocycles. The molecule has 0 fully saturated rings. The number of carbonyl (C=O) groups is 1. The Bertz CT molecular complexity index is 1080. The van der Waals surface area contributed by atoms with Gasteiger partial charge in [-0.15, -0.1) is 0 Å². The van der Waals surface area contributed by atoms with Gasteiger partial charge >= 0.3 is 0 Å². The van der Waals surface area contributed by atoms with Crippen LogP contribution in [0.5, 0.6) is 5.75 Å². The molecule has 26 heavy (non-hydrogen) atoms. The number of fused-ring (bicyclic) bond motifs is 1. The lowest BCUT2D eigenvalue weighted by molar-refractivity contribution is 0.0998. The van der Waals surface area contributed by atoms with Gasteiger partial charge in [0.25, 0.3) is 5.91 Å². The Morgan fingerprint density at radius 1 is 1.19 bits per heavy atom. The van der Waals surface area contributed by atoms with E-state index in [9.17, 15) is 13.2 Å². The van der Waals surface area contributed by atoms with Crippen molar-refractivity contribution >= 4 is 32.4 Å². The fourth-order valence-corrected chi connectivity index (χ4v) is 3.33. The third-order valence-corrected chi connectivity index (χ3v) is 5.06. The Balaban J connectivity index is 1.92. The van der Waals surface area contributed by atoms with Crippen molar-refractivity contribution in [3.63, 3.8) is 0 Å². The number of rotatable bonds is 5. The van der Waals surface area contributed by atoms with E-state index in [2.05, 4.69) is 5.32 Å². The molecule has 1 aromatic heterocycles. The number of benzene rings is 2. The Hall–Kier alpha value is -2.80. The monoisotopic (exact) mass is 373 g/mol. The first-order chi connectivity index (χ1) is 12.3. The number of hydrogen-bond donors (Lipinski definition) is 1. The van der Waals surface area contributed by atoms with Gasteiger partial charge in [0, 0.05) is 22.9 Å². The van der Waals surface area contributed by atoms with E-state index in [0.29, 0.717) is 29.2 Å². The molecule has 3 rings (SSSR count). The molecule has 0 aliphatic rings. The predicted molar refractivity (Wildman–Crippen MR) is 99.6 cm³/mol. The molecule has 0 radical (unpaired) electrons. The fraction of sp³-hybridized carbons (Fsp3) is 0.211. The van der Waals surface area contributed by atoms with Crippen LogP contribution >= 0.6 is 0 Å². The van der Waals surface area contributed by atoms with Gasteiger partial charge in [0.05, 0.1) is 11.5 Å². The summed E-state index contributed by atoms with van der Waals surface area (Å²) in [6, 6.07) is 11.5. The van der Waals surface area contributed by atoms with Crippen LogP contribution in [0.25, 0.3) is 11.0 Å². The first-order valence-corrected chi connectivity index (χ1v) is 9.96. The van der Waals surface area contributed by atoms with Crippen molar-refractivity contribution in [3.8, 4) is 5.75 Å². The van der Waals surface area contributed by atoms with Gasteiger partial charge in [-0.3, -0.25) is 4.79 Å². The third-order valence-electron chi connectivity index (χ3n) is 3.94. The van der Waals surface area contributed by atoms with Gasteiger partial charge in [-0.25, -0.2) is 8.42 Å². The summed E-state index contributed by atoms with van der Waals surface area (Å²) in [5.74, 6) is 0.442. The molecule has 0 atom stereocenters. The minimum atomic E-state index is -3.35. The minimum Gasteiger partial charge on any atom is -0.494 e. The molecular weight excluding hydrogens is 354 g/mol. The van der Waals surface area contributed by atoms with E-state index in [4.69, 9.17) is 9.15 Å². The third kappa shape index (κ3) is 3.57. The summed E-state index contributed by atoms with van der Waals surface area (Å²) in [7, 11) is -3.35. The van der Waals surface area contributed by atoms with Crippen LogP contribution in [0.4, 0.5) is 5.69 Å². The van der Waals surface area contributed by atoms with E-state index in [1.54, 1.807) is 31.2 Å². The summed E-state index contributed by atoms with van der Waals surface area (Å²) in [6.07, 6.45) is 1.12. The van der Waals surface area contributed by atoms with Gasteiger partial charge in [-0.05, 0) is 50.2 Å². The highest BCUT2D eigenvalue weighted by Crippen LogP contribution is 2.29. The van der Waals surface area contributed by atoms with Crippen LogP contribution in [0.1, 0.15) is 23.0 Å². The molecule has 6 nitrogen and oxygen atoms in total. The SMILES string of the molecule is CCOc1ccc2oc(C(=O)Nc3cccc(S(C)(=O)=O)c3)c(C)c2c1. The lowest BCUT2D eigenvalue weighted by Gasteiger charge is -2.05. The van der Waals surface area contributed by atoms with E-state index in [1.807, 2.05) is 13.0 Å². The maximum atomic E-state index is 12.6. The van der Waals surface area contributed by atoms with Crippen LogP contribution in [0.3, 0.4) is 0 Å². The Labute approximate surface area is 151 Å². The molecule has 1 heterocycles. The van der Waals surface area contributed by atoms with Gasteiger partial charge < -0.3 is 14.5 Å². The Morgan fingerprint density at radius 2 is 1.96 bits per heavy atom. The molecule has 2 aromatic carbocycles. The number of ether oxygens (including phenoxy) is 1. The van der Waals surface area contributed by atoms with Crippen molar-refractivity contribution in [1.29, 1.82) is 0 Å². The van der Waals surface area contributed by atoms with Gasteiger partial charge in [-0.2, -0.15) is 0 Å². The number of amides is 1. The lowest BCUT2D eigenvalue weighted by atomic mass is 10.1. The molecule has 0 unspecified atom stereocenters. The molecule has 0 aliphatic heterocycles. The largest absolute Gasteiger partial charge is 0.494 e. The van der Waals surface area contributed by atoms with E-state index in [-0.39, 0.29) is 10.7 Å². The van der Waals surface area contributed by atoms with Crippen molar-refractivity contribution in [2.45, 2.75) is 18.7 Å². The number of anilines is 1. The fourth-order valence-electron chi connectivity index (χ4n) is 2.67. The molecule has 136 valence electrons. The lowest BCUT2D eigenvalue weighted by Crippen LogP contribution is -2.12. The van der Waals surface area contributed by atoms with E-state index in [1.165, 1.54) is 12.1 Å². The number of furan rings is 1. The van der Waals surface area contributed by atoms with Crippen LogP contribution in [-0.4, -0.2) is 27.2 Å². The van der Waals surface area contributed by atoms with E-state index in [0.717, 1.165) is 11.6 Å². The normalized spacial score (nSPS) is 11.5. The van der Waals surface area contributed by atoms with Gasteiger partial charge in [-0.1, -0.05) is 6.07 Å². The topological polar surface area (TPSA) is 85.6 Å². The summed E-state index contributed by atoms with van der Waals surface area (Å²) < 4.78 is 34.5. The first kappa shape index (κ1) is 18.0. The first-order valence-electron chi connectivity index (χ1n) is 8.07. The minimum absolute atomic E-state index is 0.137. The summed E-state index contributed by atoms with van der Waals surface area (Å²) >= 11 is 0. The molecule has 0 bridgehead atoms. The molecule has 1 N–H and O–H groups in total. The maximum Gasteiger partial charge on any atom is 0.291 e. The second kappa shape index (κ2) is 6.84. The van der Waals surface area contributed by atoms with Crippen molar-refractivity contribution in [3.05, 3.63) is 53.8 Å². The summed E-state index contributed by atoms with van der Waals surface area (Å²) in [4.78, 5) is 12.7. The smallest absolute Gasteiger partial charge is 0.291 e. The summed E-state index contributed by atoms with van der Waals surface area (Å²) in [6.45, 7) is 4.24. The Kier molecular flexibility index (Phi) is 4.73. The highest BCUT2D eigenvalue weighted by Gasteiger charge is 2.19. The highest BCUT2D eigenvalue weighted by atomic mass is 32.2. The average molecular weight is 373 g/mol. The van der Waals surface area contributed by atoms with Crippen LogP contribution in [-0.2, 0) is 9.84 Å². The van der Waals surface area contributed by atoms with Gasteiger partial charge in [0.2, 0.25) is 0 Å². The molecule has 3 aromatic rings. The Morgan fingerprint density at radius 3 is 2.65 bits per heavy atom. The zero-order valence-corrected chi connectivity index (χ0v) is 15.5.